The van der Waals surface area contributed by atoms with E-state index in [4.69, 9.17) is 4.74 Å². The molecule has 1 aromatic rings. The van der Waals surface area contributed by atoms with E-state index < -0.39 is 17.2 Å². The lowest BCUT2D eigenvalue weighted by Gasteiger charge is -2.24. The van der Waals surface area contributed by atoms with Crippen molar-refractivity contribution < 1.29 is 18.6 Å². The summed E-state index contributed by atoms with van der Waals surface area (Å²) in [6.45, 7) is 2.67. The van der Waals surface area contributed by atoms with Crippen LogP contribution in [0.4, 0.5) is 8.78 Å². The molecule has 0 aliphatic rings. The van der Waals surface area contributed by atoms with Gasteiger partial charge < -0.3 is 9.84 Å². The second-order valence-electron chi connectivity index (χ2n) is 3.76. The van der Waals surface area contributed by atoms with Gasteiger partial charge >= 0.3 is 0 Å². The normalized spacial score (nSPS) is 15.1. The predicted molar refractivity (Wildman–Crippen MR) is 52.5 cm³/mol. The molecule has 4 heteroatoms. The zero-order valence-corrected chi connectivity index (χ0v) is 8.97. The number of rotatable bonds is 3. The van der Waals surface area contributed by atoms with Gasteiger partial charge in [-0.15, -0.1) is 0 Å². The molecule has 1 unspecified atom stereocenters. The third kappa shape index (κ3) is 2.33. The van der Waals surface area contributed by atoms with Gasteiger partial charge in [0, 0.05) is 7.11 Å². The predicted octanol–water partition coefficient (Wildman–Crippen LogP) is 2.13. The third-order valence-electron chi connectivity index (χ3n) is 2.25. The summed E-state index contributed by atoms with van der Waals surface area (Å²) in [5.41, 5.74) is -1.71. The average Bonchev–Trinajstić information content (AvgIpc) is 2.11. The molecule has 1 rings (SSSR count). The number of benzene rings is 1. The van der Waals surface area contributed by atoms with Crippen molar-refractivity contribution in [3.05, 3.63) is 34.9 Å². The van der Waals surface area contributed by atoms with Crippen LogP contribution in [0.5, 0.6) is 0 Å². The molecule has 84 valence electrons. The van der Waals surface area contributed by atoms with Crippen LogP contribution in [0, 0.1) is 18.6 Å². The quantitative estimate of drug-likeness (QED) is 0.838. The largest absolute Gasteiger partial charge is 0.383 e. The van der Waals surface area contributed by atoms with Gasteiger partial charge in [-0.3, -0.25) is 0 Å². The van der Waals surface area contributed by atoms with E-state index in [1.54, 1.807) is 0 Å². The monoisotopic (exact) mass is 216 g/mol. The SMILES string of the molecule is COCC(C)(O)c1c(F)ccc(C)c1F. The first kappa shape index (κ1) is 12.1. The summed E-state index contributed by atoms with van der Waals surface area (Å²) in [5.74, 6) is -1.49. The first-order valence-corrected chi connectivity index (χ1v) is 4.56. The lowest BCUT2D eigenvalue weighted by molar-refractivity contribution is -0.0258. The highest BCUT2D eigenvalue weighted by molar-refractivity contribution is 5.31. The summed E-state index contributed by atoms with van der Waals surface area (Å²) in [6, 6.07) is 2.47. The second-order valence-corrected chi connectivity index (χ2v) is 3.76. The van der Waals surface area contributed by atoms with E-state index in [2.05, 4.69) is 0 Å². The Labute approximate surface area is 87.5 Å². The highest BCUT2D eigenvalue weighted by Crippen LogP contribution is 2.28. The van der Waals surface area contributed by atoms with E-state index in [1.165, 1.54) is 27.0 Å². The second kappa shape index (κ2) is 4.24. The zero-order valence-electron chi connectivity index (χ0n) is 8.97. The molecule has 0 spiro atoms. The number of ether oxygens (including phenoxy) is 1. The first-order valence-electron chi connectivity index (χ1n) is 4.56. The van der Waals surface area contributed by atoms with E-state index in [0.717, 1.165) is 6.07 Å². The third-order valence-corrected chi connectivity index (χ3v) is 2.25. The number of methoxy groups -OCH3 is 1. The maximum atomic E-state index is 13.6. The van der Waals surface area contributed by atoms with Gasteiger partial charge in [-0.25, -0.2) is 8.78 Å². The molecule has 0 aliphatic heterocycles. The Morgan fingerprint density at radius 1 is 1.40 bits per heavy atom. The van der Waals surface area contributed by atoms with Crippen molar-refractivity contribution in [2.45, 2.75) is 19.4 Å². The van der Waals surface area contributed by atoms with E-state index in [0.29, 0.717) is 5.56 Å². The Bertz CT molecular complexity index is 362. The Balaban J connectivity index is 3.29. The minimum atomic E-state index is -1.66. The number of hydrogen-bond donors (Lipinski definition) is 1. The first-order chi connectivity index (χ1) is 6.90. The number of aliphatic hydroxyl groups is 1. The fourth-order valence-corrected chi connectivity index (χ4v) is 1.50. The molecule has 0 heterocycles. The molecule has 0 bridgehead atoms. The minimum absolute atomic E-state index is 0.162. The van der Waals surface area contributed by atoms with Crippen LogP contribution in [0.1, 0.15) is 18.1 Å². The Kier molecular flexibility index (Phi) is 3.42. The molecule has 2 nitrogen and oxygen atoms in total. The smallest absolute Gasteiger partial charge is 0.135 e. The molecule has 0 aromatic heterocycles. The van der Waals surface area contributed by atoms with Crippen molar-refractivity contribution in [1.29, 1.82) is 0 Å². The van der Waals surface area contributed by atoms with Crippen LogP contribution in [-0.2, 0) is 10.3 Å². The molecular weight excluding hydrogens is 202 g/mol. The minimum Gasteiger partial charge on any atom is -0.383 e. The van der Waals surface area contributed by atoms with Gasteiger partial charge in [-0.1, -0.05) is 6.07 Å². The Morgan fingerprint density at radius 2 is 2.00 bits per heavy atom. The number of aryl methyl sites for hydroxylation is 1. The van der Waals surface area contributed by atoms with Crippen molar-refractivity contribution in [2.75, 3.05) is 13.7 Å². The summed E-state index contributed by atoms with van der Waals surface area (Å²) >= 11 is 0. The Hall–Kier alpha value is -1.00. The van der Waals surface area contributed by atoms with Crippen LogP contribution in [0.15, 0.2) is 12.1 Å². The van der Waals surface area contributed by atoms with Crippen LogP contribution in [0.25, 0.3) is 0 Å². The molecule has 0 saturated heterocycles. The highest BCUT2D eigenvalue weighted by atomic mass is 19.1. The zero-order chi connectivity index (χ0) is 11.6. The molecule has 15 heavy (non-hydrogen) atoms. The summed E-state index contributed by atoms with van der Waals surface area (Å²) < 4.78 is 31.7. The topological polar surface area (TPSA) is 29.5 Å². The number of halogens is 2. The average molecular weight is 216 g/mol. The van der Waals surface area contributed by atoms with Crippen LogP contribution < -0.4 is 0 Å². The van der Waals surface area contributed by atoms with E-state index in [9.17, 15) is 13.9 Å². The molecular formula is C11H14F2O2. The standard InChI is InChI=1S/C11H14F2O2/c1-7-4-5-8(12)9(10(7)13)11(2,14)6-15-3/h4-5,14H,6H2,1-3H3. The van der Waals surface area contributed by atoms with E-state index in [-0.39, 0.29) is 12.2 Å². The van der Waals surface area contributed by atoms with Gasteiger partial charge in [0.25, 0.3) is 0 Å². The van der Waals surface area contributed by atoms with Crippen LogP contribution in [-0.4, -0.2) is 18.8 Å². The van der Waals surface area contributed by atoms with Gasteiger partial charge in [0.2, 0.25) is 0 Å². The highest BCUT2D eigenvalue weighted by Gasteiger charge is 2.30. The van der Waals surface area contributed by atoms with Crippen molar-refractivity contribution >= 4 is 0 Å². The summed E-state index contributed by atoms with van der Waals surface area (Å²) in [7, 11) is 1.36. The fourth-order valence-electron chi connectivity index (χ4n) is 1.50. The molecule has 1 N–H and O–H groups in total. The fraction of sp³-hybridized carbons (Fsp3) is 0.455. The van der Waals surface area contributed by atoms with E-state index in [1.807, 2.05) is 0 Å². The van der Waals surface area contributed by atoms with Crippen molar-refractivity contribution in [1.82, 2.24) is 0 Å². The van der Waals surface area contributed by atoms with Gasteiger partial charge in [-0.2, -0.15) is 0 Å². The molecule has 1 aromatic carbocycles. The van der Waals surface area contributed by atoms with Crippen molar-refractivity contribution in [2.24, 2.45) is 0 Å². The lowest BCUT2D eigenvalue weighted by Crippen LogP contribution is -2.30. The molecule has 0 amide bonds. The maximum absolute atomic E-state index is 13.6. The van der Waals surface area contributed by atoms with Crippen molar-refractivity contribution in [3.63, 3.8) is 0 Å². The molecule has 0 radical (unpaired) electrons. The van der Waals surface area contributed by atoms with Gasteiger partial charge in [0.05, 0.1) is 12.2 Å². The lowest BCUT2D eigenvalue weighted by atomic mass is 9.94. The Morgan fingerprint density at radius 3 is 2.53 bits per heavy atom. The molecule has 0 aliphatic carbocycles. The van der Waals surface area contributed by atoms with E-state index >= 15 is 0 Å². The van der Waals surface area contributed by atoms with Crippen LogP contribution in [0.3, 0.4) is 0 Å². The van der Waals surface area contributed by atoms with Gasteiger partial charge in [0.1, 0.15) is 17.2 Å². The number of hydrogen-bond acceptors (Lipinski definition) is 2. The van der Waals surface area contributed by atoms with Gasteiger partial charge in [-0.05, 0) is 25.5 Å². The summed E-state index contributed by atoms with van der Waals surface area (Å²) in [4.78, 5) is 0. The van der Waals surface area contributed by atoms with Crippen LogP contribution >= 0.6 is 0 Å². The summed E-state index contributed by atoms with van der Waals surface area (Å²) in [6.07, 6.45) is 0. The summed E-state index contributed by atoms with van der Waals surface area (Å²) in [5, 5.41) is 9.87. The molecule has 0 saturated carbocycles. The van der Waals surface area contributed by atoms with Gasteiger partial charge in [0.15, 0.2) is 0 Å². The van der Waals surface area contributed by atoms with Crippen molar-refractivity contribution in [3.8, 4) is 0 Å². The van der Waals surface area contributed by atoms with Crippen LogP contribution in [0.2, 0.25) is 0 Å². The molecule has 1 atom stereocenters. The molecule has 0 fully saturated rings. The maximum Gasteiger partial charge on any atom is 0.135 e.